The minimum atomic E-state index is -1.24. The lowest BCUT2D eigenvalue weighted by Gasteiger charge is -2.32. The molecular formula is C50H51ClN6O9S. The normalized spacial score (nSPS) is 15.0. The van der Waals surface area contributed by atoms with Gasteiger partial charge < -0.3 is 37.4 Å². The molecule has 2 fully saturated rings. The van der Waals surface area contributed by atoms with E-state index in [1.165, 1.54) is 11.5 Å². The molecule has 7 aromatic rings. The summed E-state index contributed by atoms with van der Waals surface area (Å²) >= 11 is 8.38. The summed E-state index contributed by atoms with van der Waals surface area (Å²) in [6, 6.07) is 20.7. The lowest BCUT2D eigenvalue weighted by atomic mass is 9.79. The van der Waals surface area contributed by atoms with Crippen LogP contribution < -0.4 is 24.8 Å². The molecule has 17 heteroatoms. The summed E-state index contributed by atoms with van der Waals surface area (Å²) in [5.74, 6) is 1.44. The first-order valence-electron chi connectivity index (χ1n) is 22.3. The first kappa shape index (κ1) is 45.8. The molecule has 1 unspecified atom stereocenters. The third kappa shape index (κ3) is 10.3. The van der Waals surface area contributed by atoms with Crippen LogP contribution in [-0.2, 0) is 29.2 Å². The maximum absolute atomic E-state index is 14.3. The highest BCUT2D eigenvalue weighted by Gasteiger charge is 2.32. The summed E-state index contributed by atoms with van der Waals surface area (Å²) < 4.78 is 46.5. The van der Waals surface area contributed by atoms with Crippen molar-refractivity contribution in [2.45, 2.75) is 64.8 Å². The maximum atomic E-state index is 14.3. The quantitative estimate of drug-likeness (QED) is 0.0749. The number of esters is 1. The van der Waals surface area contributed by atoms with Crippen molar-refractivity contribution in [3.63, 3.8) is 0 Å². The number of fused-ring (bicyclic) bond motifs is 1. The van der Waals surface area contributed by atoms with Crippen LogP contribution in [0.25, 0.3) is 32.6 Å². The highest BCUT2D eigenvalue weighted by molar-refractivity contribution is 7.13. The van der Waals surface area contributed by atoms with E-state index in [0.29, 0.717) is 46.0 Å². The second-order valence-corrected chi connectivity index (χ2v) is 17.9. The number of piperazine rings is 1. The molecule has 67 heavy (non-hydrogen) atoms. The average molecular weight is 948 g/mol. The van der Waals surface area contributed by atoms with Crippen LogP contribution in [0.4, 0.5) is 0 Å². The Morgan fingerprint density at radius 1 is 0.910 bits per heavy atom. The van der Waals surface area contributed by atoms with E-state index in [4.69, 9.17) is 58.5 Å². The number of benzene rings is 3. The van der Waals surface area contributed by atoms with Crippen molar-refractivity contribution in [3.8, 4) is 45.6 Å². The molecule has 0 radical (unpaired) electrons. The van der Waals surface area contributed by atoms with Crippen LogP contribution in [-0.4, -0.2) is 94.7 Å². The summed E-state index contributed by atoms with van der Waals surface area (Å²) in [5.41, 5.74) is 5.55. The number of aryl methyl sites for hydroxylation is 1. The SMILES string of the molecule is COc1ccccc1-c1nccc(COc2ccccc2CC(Oc2nsc3cnc(C4CCC4)c(-c4ccc(OCCN5CCN(C)CC5)c(Cl)c4C)c23)C(=O)OCc2oc(=O)oc2C)n1. The molecule has 1 saturated carbocycles. The predicted octanol–water partition coefficient (Wildman–Crippen LogP) is 8.85. The number of carbonyl (C=O) groups is 1. The maximum Gasteiger partial charge on any atom is 0.519 e. The monoisotopic (exact) mass is 946 g/mol. The van der Waals surface area contributed by atoms with Gasteiger partial charge in [-0.25, -0.2) is 19.6 Å². The number of ether oxygens (including phenoxy) is 5. The number of carbonyl (C=O) groups excluding carboxylic acids is 1. The average Bonchev–Trinajstić information content (AvgIpc) is 3.89. The smallest absolute Gasteiger partial charge is 0.496 e. The topological polar surface area (TPSA) is 165 Å². The van der Waals surface area contributed by atoms with Crippen molar-refractivity contribution in [1.29, 1.82) is 0 Å². The van der Waals surface area contributed by atoms with E-state index in [1.807, 2.05) is 73.8 Å². The van der Waals surface area contributed by atoms with Gasteiger partial charge in [0, 0.05) is 63.0 Å². The summed E-state index contributed by atoms with van der Waals surface area (Å²) in [6.07, 6.45) is 5.38. The first-order chi connectivity index (χ1) is 32.6. The highest BCUT2D eigenvalue weighted by atomic mass is 35.5. The van der Waals surface area contributed by atoms with Gasteiger partial charge in [-0.3, -0.25) is 9.88 Å². The van der Waals surface area contributed by atoms with Crippen molar-refractivity contribution < 1.29 is 37.3 Å². The van der Waals surface area contributed by atoms with Gasteiger partial charge in [-0.2, -0.15) is 4.37 Å². The Morgan fingerprint density at radius 2 is 1.70 bits per heavy atom. The minimum absolute atomic E-state index is 0.0273. The number of nitrogens with zero attached hydrogens (tertiary/aromatic N) is 6. The Morgan fingerprint density at radius 3 is 2.46 bits per heavy atom. The second-order valence-electron chi connectivity index (χ2n) is 16.7. The van der Waals surface area contributed by atoms with Crippen molar-refractivity contribution in [3.05, 3.63) is 129 Å². The molecule has 3 aromatic carbocycles. The van der Waals surface area contributed by atoms with Gasteiger partial charge in [0.1, 0.15) is 30.5 Å². The van der Waals surface area contributed by atoms with Gasteiger partial charge in [-0.05, 0) is 92.3 Å². The van der Waals surface area contributed by atoms with Crippen LogP contribution in [0.1, 0.15) is 59.2 Å². The Balaban J connectivity index is 1.02. The zero-order chi connectivity index (χ0) is 46.4. The number of hydrogen-bond acceptors (Lipinski definition) is 16. The van der Waals surface area contributed by atoms with E-state index in [-0.39, 0.29) is 43.0 Å². The predicted molar refractivity (Wildman–Crippen MR) is 253 cm³/mol. The van der Waals surface area contributed by atoms with Crippen molar-refractivity contribution in [2.24, 2.45) is 0 Å². The fourth-order valence-corrected chi connectivity index (χ4v) is 9.23. The summed E-state index contributed by atoms with van der Waals surface area (Å²) in [7, 11) is 3.75. The molecule has 1 aliphatic carbocycles. The highest BCUT2D eigenvalue weighted by Crippen LogP contribution is 2.48. The van der Waals surface area contributed by atoms with Gasteiger partial charge in [0.05, 0.1) is 39.2 Å². The molecule has 1 atom stereocenters. The van der Waals surface area contributed by atoms with Gasteiger partial charge >= 0.3 is 11.8 Å². The third-order valence-corrected chi connectivity index (χ3v) is 13.6. The third-order valence-electron chi connectivity index (χ3n) is 12.4. The van der Waals surface area contributed by atoms with Crippen LogP contribution in [0.5, 0.6) is 23.1 Å². The molecule has 15 nitrogen and oxygen atoms in total. The standard InChI is InChI=1S/C50H51ClN6O9S/c1-30-35(16-17-39(45(30)51)61-25-24-57-22-20-56(3)21-23-57)43-44-42(27-53-46(43)32-11-9-12-32)67-55-48(44)65-40(49(58)63-29-41-31(2)64-50(59)66-41)26-33-10-5-7-14-37(33)62-28-34-18-19-52-47(54-34)36-13-6-8-15-38(36)60-4/h5-8,10,13-19,27,32,40H,9,11-12,20-26,28-29H2,1-4H3. The molecule has 348 valence electrons. The molecule has 0 bridgehead atoms. The van der Waals surface area contributed by atoms with Gasteiger partial charge in [0.25, 0.3) is 0 Å². The lowest BCUT2D eigenvalue weighted by Crippen LogP contribution is -2.45. The summed E-state index contributed by atoms with van der Waals surface area (Å²) in [5, 5.41) is 1.24. The Bertz CT molecular complexity index is 2930. The molecule has 5 heterocycles. The zero-order valence-electron chi connectivity index (χ0n) is 37.8. The molecular weight excluding hydrogens is 896 g/mol. The van der Waals surface area contributed by atoms with Crippen molar-refractivity contribution >= 4 is 39.2 Å². The van der Waals surface area contributed by atoms with Crippen LogP contribution in [0.15, 0.2) is 92.8 Å². The zero-order valence-corrected chi connectivity index (χ0v) is 39.4. The summed E-state index contributed by atoms with van der Waals surface area (Å²) in [4.78, 5) is 45.2. The van der Waals surface area contributed by atoms with Gasteiger partial charge in [-0.1, -0.05) is 54.4 Å². The number of hydrogen-bond donors (Lipinski definition) is 0. The van der Waals surface area contributed by atoms with Gasteiger partial charge in [-0.15, -0.1) is 0 Å². The molecule has 9 rings (SSSR count). The van der Waals surface area contributed by atoms with E-state index in [1.54, 1.807) is 26.3 Å². The number of likely N-dealkylation sites (N-methyl/N-ethyl adjacent to an activating group) is 1. The Hall–Kier alpha value is -6.33. The van der Waals surface area contributed by atoms with Crippen molar-refractivity contribution in [2.75, 3.05) is 53.5 Å². The molecule has 1 aliphatic heterocycles. The second kappa shape index (κ2) is 20.7. The number of halogens is 1. The Kier molecular flexibility index (Phi) is 14.1. The molecule has 0 spiro atoms. The fourth-order valence-electron chi connectivity index (χ4n) is 8.31. The van der Waals surface area contributed by atoms with Crippen LogP contribution in [0.2, 0.25) is 5.02 Å². The van der Waals surface area contributed by atoms with E-state index in [2.05, 4.69) is 21.8 Å². The van der Waals surface area contributed by atoms with E-state index in [0.717, 1.165) is 90.0 Å². The minimum Gasteiger partial charge on any atom is -0.496 e. The number of pyridine rings is 1. The lowest BCUT2D eigenvalue weighted by molar-refractivity contribution is -0.154. The van der Waals surface area contributed by atoms with Crippen molar-refractivity contribution in [1.82, 2.24) is 29.1 Å². The number of rotatable bonds is 18. The number of aromatic nitrogens is 4. The van der Waals surface area contributed by atoms with E-state index >= 15 is 0 Å². The van der Waals surface area contributed by atoms with Gasteiger partial charge in [0.15, 0.2) is 24.0 Å². The van der Waals surface area contributed by atoms with Crippen LogP contribution in [0.3, 0.4) is 0 Å². The molecule has 2 aliphatic rings. The van der Waals surface area contributed by atoms with Crippen LogP contribution >= 0.6 is 23.1 Å². The molecule has 1 saturated heterocycles. The Labute approximate surface area is 396 Å². The molecule has 0 amide bonds. The summed E-state index contributed by atoms with van der Waals surface area (Å²) in [6.45, 7) is 8.71. The van der Waals surface area contributed by atoms with Crippen LogP contribution in [0, 0.1) is 13.8 Å². The molecule has 0 N–H and O–H groups in total. The van der Waals surface area contributed by atoms with E-state index in [9.17, 15) is 9.59 Å². The van der Waals surface area contributed by atoms with E-state index < -0.39 is 17.9 Å². The fraction of sp³-hybridized carbons (Fsp3) is 0.360. The molecule has 4 aromatic heterocycles. The number of para-hydroxylation sites is 2. The van der Waals surface area contributed by atoms with Gasteiger partial charge in [0.2, 0.25) is 12.0 Å². The first-order valence-corrected chi connectivity index (χ1v) is 23.5. The number of methoxy groups -OCH3 is 1. The largest absolute Gasteiger partial charge is 0.519 e.